The van der Waals surface area contributed by atoms with E-state index in [1.54, 1.807) is 6.07 Å². The molecule has 0 atom stereocenters. The average molecular weight is 218 g/mol. The summed E-state index contributed by atoms with van der Waals surface area (Å²) in [6.45, 7) is -0.231. The molecule has 3 nitrogen and oxygen atoms in total. The summed E-state index contributed by atoms with van der Waals surface area (Å²) in [5, 5.41) is 0. The standard InChI is InChI=1S/C8H11O3PS/c1-6-3-4-8(7(2)5-6)13-12(9,10)11/h3-5H,1-2H3,(H2,9,10,11). The molecular formula is C8H11O3PS. The van der Waals surface area contributed by atoms with E-state index in [9.17, 15) is 4.57 Å². The summed E-state index contributed by atoms with van der Waals surface area (Å²) in [6.07, 6.45) is 0. The fourth-order valence-corrected chi connectivity index (χ4v) is 3.00. The molecular weight excluding hydrogens is 207 g/mol. The molecule has 1 rings (SSSR count). The summed E-state index contributed by atoms with van der Waals surface area (Å²) in [5.74, 6) is 0. The third-order valence-corrected chi connectivity index (χ3v) is 3.74. The third kappa shape index (κ3) is 3.53. The Morgan fingerprint density at radius 1 is 1.31 bits per heavy atom. The zero-order chi connectivity index (χ0) is 10.1. The first-order valence-electron chi connectivity index (χ1n) is 3.71. The maximum absolute atomic E-state index is 10.7. The Hall–Kier alpha value is -0.280. The monoisotopic (exact) mass is 218 g/mol. The lowest BCUT2D eigenvalue weighted by Crippen LogP contribution is -1.81. The molecule has 13 heavy (non-hydrogen) atoms. The van der Waals surface area contributed by atoms with Crippen LogP contribution in [-0.2, 0) is 4.57 Å². The minimum Gasteiger partial charge on any atom is -0.316 e. The molecule has 0 aliphatic carbocycles. The van der Waals surface area contributed by atoms with Crippen molar-refractivity contribution in [3.63, 3.8) is 0 Å². The van der Waals surface area contributed by atoms with Gasteiger partial charge in [-0.15, -0.1) is 0 Å². The van der Waals surface area contributed by atoms with Gasteiger partial charge in [-0.25, -0.2) is 4.57 Å². The molecule has 2 N–H and O–H groups in total. The molecule has 0 heterocycles. The van der Waals surface area contributed by atoms with Crippen molar-refractivity contribution in [3.05, 3.63) is 29.3 Å². The second-order valence-electron chi connectivity index (χ2n) is 2.85. The molecule has 0 saturated carbocycles. The first kappa shape index (κ1) is 10.8. The van der Waals surface area contributed by atoms with Gasteiger partial charge in [-0.2, -0.15) is 0 Å². The van der Waals surface area contributed by atoms with Gasteiger partial charge in [-0.05, 0) is 36.9 Å². The highest BCUT2D eigenvalue weighted by molar-refractivity contribution is 8.54. The largest absolute Gasteiger partial charge is 0.388 e. The van der Waals surface area contributed by atoms with E-state index < -0.39 is 6.80 Å². The first-order chi connectivity index (χ1) is 5.88. The minimum atomic E-state index is -4.01. The van der Waals surface area contributed by atoms with Gasteiger partial charge in [-0.1, -0.05) is 17.7 Å². The van der Waals surface area contributed by atoms with Gasteiger partial charge in [0, 0.05) is 4.90 Å². The van der Waals surface area contributed by atoms with E-state index in [0.29, 0.717) is 16.3 Å². The molecule has 0 aliphatic heterocycles. The quantitative estimate of drug-likeness (QED) is 0.749. The fraction of sp³-hybridized carbons (Fsp3) is 0.250. The smallest absolute Gasteiger partial charge is 0.316 e. The molecule has 0 spiro atoms. The maximum Gasteiger partial charge on any atom is 0.388 e. The van der Waals surface area contributed by atoms with E-state index in [4.69, 9.17) is 9.79 Å². The summed E-state index contributed by atoms with van der Waals surface area (Å²) in [7, 11) is 0. The zero-order valence-corrected chi connectivity index (χ0v) is 9.10. The van der Waals surface area contributed by atoms with E-state index >= 15 is 0 Å². The molecule has 0 aliphatic rings. The lowest BCUT2D eigenvalue weighted by atomic mass is 10.2. The molecule has 72 valence electrons. The Balaban J connectivity index is 2.97. The zero-order valence-electron chi connectivity index (χ0n) is 7.39. The molecule has 5 heteroatoms. The van der Waals surface area contributed by atoms with Crippen LogP contribution in [0.4, 0.5) is 0 Å². The van der Waals surface area contributed by atoms with Gasteiger partial charge in [0.25, 0.3) is 0 Å². The van der Waals surface area contributed by atoms with Gasteiger partial charge in [-0.3, -0.25) is 0 Å². The predicted octanol–water partition coefficient (Wildman–Crippen LogP) is 2.49. The molecule has 0 bridgehead atoms. The van der Waals surface area contributed by atoms with E-state index in [1.807, 2.05) is 26.0 Å². The normalized spacial score (nSPS) is 11.7. The van der Waals surface area contributed by atoms with Crippen molar-refractivity contribution in [2.45, 2.75) is 18.7 Å². The lowest BCUT2D eigenvalue weighted by Gasteiger charge is -2.06. The minimum absolute atomic E-state index is 0.603. The van der Waals surface area contributed by atoms with Gasteiger partial charge in [0.05, 0.1) is 0 Å². The van der Waals surface area contributed by atoms with Crippen molar-refractivity contribution in [1.29, 1.82) is 0 Å². The fourth-order valence-electron chi connectivity index (χ4n) is 1.03. The van der Waals surface area contributed by atoms with Crippen LogP contribution in [-0.4, -0.2) is 9.79 Å². The molecule has 1 aromatic rings. The van der Waals surface area contributed by atoms with Gasteiger partial charge in [0.1, 0.15) is 0 Å². The number of rotatable bonds is 2. The van der Waals surface area contributed by atoms with Crippen LogP contribution in [0.15, 0.2) is 23.1 Å². The van der Waals surface area contributed by atoms with Crippen LogP contribution in [0, 0.1) is 13.8 Å². The van der Waals surface area contributed by atoms with Crippen LogP contribution in [0.5, 0.6) is 0 Å². The molecule has 1 aromatic carbocycles. The van der Waals surface area contributed by atoms with Gasteiger partial charge in [0.2, 0.25) is 0 Å². The van der Waals surface area contributed by atoms with Crippen LogP contribution < -0.4 is 0 Å². The van der Waals surface area contributed by atoms with Gasteiger partial charge < -0.3 is 9.79 Å². The summed E-state index contributed by atoms with van der Waals surface area (Å²) in [6, 6.07) is 5.47. The molecule has 0 unspecified atom stereocenters. The van der Waals surface area contributed by atoms with Crippen molar-refractivity contribution in [1.82, 2.24) is 0 Å². The third-order valence-electron chi connectivity index (χ3n) is 1.55. The lowest BCUT2D eigenvalue weighted by molar-refractivity contribution is 0.397. The Morgan fingerprint density at radius 2 is 1.92 bits per heavy atom. The van der Waals surface area contributed by atoms with E-state index in [-0.39, 0.29) is 0 Å². The van der Waals surface area contributed by atoms with E-state index in [1.165, 1.54) is 0 Å². The van der Waals surface area contributed by atoms with Gasteiger partial charge >= 0.3 is 6.80 Å². The predicted molar refractivity (Wildman–Crippen MR) is 53.8 cm³/mol. The van der Waals surface area contributed by atoms with Crippen LogP contribution in [0.25, 0.3) is 0 Å². The van der Waals surface area contributed by atoms with Crippen molar-refractivity contribution in [2.75, 3.05) is 0 Å². The van der Waals surface area contributed by atoms with Gasteiger partial charge in [0.15, 0.2) is 0 Å². The number of hydrogen-bond acceptors (Lipinski definition) is 2. The van der Waals surface area contributed by atoms with Crippen LogP contribution in [0.1, 0.15) is 11.1 Å². The van der Waals surface area contributed by atoms with Crippen molar-refractivity contribution in [2.24, 2.45) is 0 Å². The SMILES string of the molecule is Cc1ccc(SP(=O)(O)O)c(C)c1. The second-order valence-corrected chi connectivity index (χ2v) is 6.43. The highest BCUT2D eigenvalue weighted by atomic mass is 32.7. The van der Waals surface area contributed by atoms with Crippen molar-refractivity contribution >= 4 is 18.2 Å². The second kappa shape index (κ2) is 3.84. The molecule has 0 fully saturated rings. The topological polar surface area (TPSA) is 57.5 Å². The summed E-state index contributed by atoms with van der Waals surface area (Å²) >= 11 is 0.603. The van der Waals surface area contributed by atoms with Crippen LogP contribution in [0.3, 0.4) is 0 Å². The summed E-state index contributed by atoms with van der Waals surface area (Å²) in [4.78, 5) is 18.1. The Morgan fingerprint density at radius 3 is 2.38 bits per heavy atom. The molecule has 0 amide bonds. The average Bonchev–Trinajstić information content (AvgIpc) is 1.93. The molecule has 0 saturated heterocycles. The first-order valence-corrected chi connectivity index (χ1v) is 6.74. The molecule has 0 aromatic heterocycles. The number of benzene rings is 1. The summed E-state index contributed by atoms with van der Waals surface area (Å²) < 4.78 is 10.7. The number of aryl methyl sites for hydroxylation is 2. The van der Waals surface area contributed by atoms with E-state index in [0.717, 1.165) is 11.1 Å². The molecule has 0 radical (unpaired) electrons. The van der Waals surface area contributed by atoms with E-state index in [2.05, 4.69) is 0 Å². The Bertz CT molecular complexity index is 358. The Labute approximate surface area is 81.1 Å². The summed E-state index contributed by atoms with van der Waals surface area (Å²) in [5.41, 5.74) is 1.99. The highest BCUT2D eigenvalue weighted by Gasteiger charge is 2.16. The van der Waals surface area contributed by atoms with Crippen molar-refractivity contribution in [3.8, 4) is 0 Å². The van der Waals surface area contributed by atoms with Crippen LogP contribution in [0.2, 0.25) is 0 Å². The Kier molecular flexibility index (Phi) is 3.19. The highest BCUT2D eigenvalue weighted by Crippen LogP contribution is 2.55. The van der Waals surface area contributed by atoms with Crippen molar-refractivity contribution < 1.29 is 14.4 Å². The van der Waals surface area contributed by atoms with Crippen LogP contribution >= 0.6 is 18.2 Å². The maximum atomic E-state index is 10.7. The number of hydrogen-bond donors (Lipinski definition) is 2.